The van der Waals surface area contributed by atoms with Crippen molar-refractivity contribution in [3.05, 3.63) is 30.3 Å². The van der Waals surface area contributed by atoms with Crippen molar-refractivity contribution in [2.24, 2.45) is 0 Å². The molecule has 2 atom stereocenters. The van der Waals surface area contributed by atoms with Gasteiger partial charge >= 0.3 is 6.03 Å². The average molecular weight is 218 g/mol. The molecule has 3 heteroatoms. The van der Waals surface area contributed by atoms with Crippen LogP contribution in [0.2, 0.25) is 0 Å². The summed E-state index contributed by atoms with van der Waals surface area (Å²) in [4.78, 5) is 14.0. The monoisotopic (exact) mass is 218 g/mol. The van der Waals surface area contributed by atoms with Gasteiger partial charge in [-0.2, -0.15) is 0 Å². The summed E-state index contributed by atoms with van der Waals surface area (Å²) in [6, 6.07) is 10.3. The number of hydrogen-bond acceptors (Lipinski definition) is 1. The first-order valence-corrected chi connectivity index (χ1v) is 5.83. The van der Waals surface area contributed by atoms with Crippen molar-refractivity contribution < 1.29 is 4.79 Å². The van der Waals surface area contributed by atoms with Crippen molar-refractivity contribution in [1.29, 1.82) is 0 Å². The Morgan fingerprint density at radius 2 is 1.75 bits per heavy atom. The molecule has 1 aliphatic heterocycles. The highest BCUT2D eigenvalue weighted by Crippen LogP contribution is 2.24. The summed E-state index contributed by atoms with van der Waals surface area (Å²) in [5.41, 5.74) is 0.860. The van der Waals surface area contributed by atoms with E-state index in [1.807, 2.05) is 35.2 Å². The summed E-state index contributed by atoms with van der Waals surface area (Å²) < 4.78 is 0. The Labute approximate surface area is 96.5 Å². The molecule has 1 saturated heterocycles. The fourth-order valence-electron chi connectivity index (χ4n) is 2.30. The molecule has 2 rings (SSSR count). The molecule has 1 unspecified atom stereocenters. The molecule has 0 aliphatic carbocycles. The summed E-state index contributed by atoms with van der Waals surface area (Å²) in [6.45, 7) is 4.21. The van der Waals surface area contributed by atoms with Crippen LogP contribution >= 0.6 is 0 Å². The predicted octanol–water partition coefficient (Wildman–Crippen LogP) is 3.09. The fourth-order valence-corrected chi connectivity index (χ4v) is 2.30. The maximum Gasteiger partial charge on any atom is 0.322 e. The van der Waals surface area contributed by atoms with E-state index in [9.17, 15) is 4.79 Å². The van der Waals surface area contributed by atoms with E-state index in [-0.39, 0.29) is 6.03 Å². The highest BCUT2D eigenvalue weighted by molar-refractivity contribution is 5.89. The lowest BCUT2D eigenvalue weighted by molar-refractivity contribution is 0.194. The summed E-state index contributed by atoms with van der Waals surface area (Å²) in [7, 11) is 0. The molecule has 1 N–H and O–H groups in total. The molecule has 0 bridgehead atoms. The molecule has 1 aromatic rings. The van der Waals surface area contributed by atoms with Gasteiger partial charge in [-0.1, -0.05) is 18.2 Å². The fraction of sp³-hybridized carbons (Fsp3) is 0.462. The van der Waals surface area contributed by atoms with Crippen LogP contribution in [0.3, 0.4) is 0 Å². The number of benzene rings is 1. The topological polar surface area (TPSA) is 32.3 Å². The van der Waals surface area contributed by atoms with E-state index >= 15 is 0 Å². The zero-order valence-corrected chi connectivity index (χ0v) is 9.81. The van der Waals surface area contributed by atoms with Gasteiger partial charge in [0, 0.05) is 17.8 Å². The molecule has 3 nitrogen and oxygen atoms in total. The van der Waals surface area contributed by atoms with Crippen LogP contribution in [0.25, 0.3) is 0 Å². The number of amides is 2. The van der Waals surface area contributed by atoms with Gasteiger partial charge in [0.2, 0.25) is 0 Å². The van der Waals surface area contributed by atoms with E-state index in [1.54, 1.807) is 0 Å². The second-order valence-corrected chi connectivity index (χ2v) is 4.48. The lowest BCUT2D eigenvalue weighted by Crippen LogP contribution is -2.41. The normalized spacial score (nSPS) is 24.5. The third-order valence-electron chi connectivity index (χ3n) is 3.21. The first kappa shape index (κ1) is 11.0. The molecule has 1 aromatic carbocycles. The van der Waals surface area contributed by atoms with Crippen molar-refractivity contribution in [3.63, 3.8) is 0 Å². The van der Waals surface area contributed by atoms with E-state index in [0.717, 1.165) is 18.5 Å². The van der Waals surface area contributed by atoms with Crippen LogP contribution in [0.1, 0.15) is 26.7 Å². The molecule has 0 spiro atoms. The quantitative estimate of drug-likeness (QED) is 0.771. The van der Waals surface area contributed by atoms with Crippen LogP contribution in [-0.2, 0) is 0 Å². The second-order valence-electron chi connectivity index (χ2n) is 4.48. The van der Waals surface area contributed by atoms with E-state index < -0.39 is 0 Å². The lowest BCUT2D eigenvalue weighted by atomic mass is 10.2. The number of carbonyl (C=O) groups is 1. The van der Waals surface area contributed by atoms with Gasteiger partial charge in [-0.3, -0.25) is 0 Å². The van der Waals surface area contributed by atoms with Gasteiger partial charge < -0.3 is 10.2 Å². The number of hydrogen-bond donors (Lipinski definition) is 1. The summed E-state index contributed by atoms with van der Waals surface area (Å²) in [5, 5.41) is 2.93. The van der Waals surface area contributed by atoms with E-state index in [1.165, 1.54) is 0 Å². The Morgan fingerprint density at radius 3 is 2.31 bits per heavy atom. The van der Waals surface area contributed by atoms with Crippen LogP contribution in [0.5, 0.6) is 0 Å². The van der Waals surface area contributed by atoms with E-state index in [2.05, 4.69) is 19.2 Å². The summed E-state index contributed by atoms with van der Waals surface area (Å²) in [6.07, 6.45) is 2.20. The van der Waals surface area contributed by atoms with Crippen molar-refractivity contribution in [1.82, 2.24) is 4.90 Å². The highest BCUT2D eigenvalue weighted by Gasteiger charge is 2.31. The molecule has 1 fully saturated rings. The van der Waals surface area contributed by atoms with Crippen LogP contribution in [0.4, 0.5) is 10.5 Å². The van der Waals surface area contributed by atoms with Crippen molar-refractivity contribution in [2.75, 3.05) is 5.32 Å². The van der Waals surface area contributed by atoms with Crippen LogP contribution in [0.15, 0.2) is 30.3 Å². The van der Waals surface area contributed by atoms with Gasteiger partial charge in [0.15, 0.2) is 0 Å². The third kappa shape index (κ3) is 2.18. The minimum atomic E-state index is 0.0173. The molecule has 0 aromatic heterocycles. The summed E-state index contributed by atoms with van der Waals surface area (Å²) >= 11 is 0. The number of urea groups is 1. The molecular weight excluding hydrogens is 200 g/mol. The van der Waals surface area contributed by atoms with Crippen LogP contribution in [-0.4, -0.2) is 23.0 Å². The Bertz CT molecular complexity index is 353. The van der Waals surface area contributed by atoms with E-state index in [4.69, 9.17) is 0 Å². The van der Waals surface area contributed by atoms with Gasteiger partial charge in [0.1, 0.15) is 0 Å². The average Bonchev–Trinajstić information content (AvgIpc) is 2.60. The Hall–Kier alpha value is -1.51. The maximum absolute atomic E-state index is 12.1. The van der Waals surface area contributed by atoms with Crippen molar-refractivity contribution in [2.45, 2.75) is 38.8 Å². The SMILES string of the molecule is CC1CC[C@H](C)N1C(=O)Nc1ccccc1. The largest absolute Gasteiger partial charge is 0.322 e. The molecule has 0 saturated carbocycles. The number of nitrogens with zero attached hydrogens (tertiary/aromatic N) is 1. The first-order valence-electron chi connectivity index (χ1n) is 5.83. The Kier molecular flexibility index (Phi) is 3.13. The van der Waals surface area contributed by atoms with Crippen molar-refractivity contribution in [3.8, 4) is 0 Å². The smallest absolute Gasteiger partial charge is 0.319 e. The van der Waals surface area contributed by atoms with Gasteiger partial charge in [0.25, 0.3) is 0 Å². The minimum absolute atomic E-state index is 0.0173. The van der Waals surface area contributed by atoms with Gasteiger partial charge in [-0.05, 0) is 38.8 Å². The Balaban J connectivity index is 2.03. The minimum Gasteiger partial charge on any atom is -0.319 e. The third-order valence-corrected chi connectivity index (χ3v) is 3.21. The molecule has 2 amide bonds. The predicted molar refractivity (Wildman–Crippen MR) is 65.5 cm³/mol. The first-order chi connectivity index (χ1) is 7.68. The summed E-state index contributed by atoms with van der Waals surface area (Å²) in [5.74, 6) is 0. The molecular formula is C13H18N2O. The highest BCUT2D eigenvalue weighted by atomic mass is 16.2. The number of likely N-dealkylation sites (tertiary alicyclic amines) is 1. The number of para-hydroxylation sites is 1. The molecule has 1 heterocycles. The molecule has 1 aliphatic rings. The van der Waals surface area contributed by atoms with Gasteiger partial charge in [-0.25, -0.2) is 4.79 Å². The molecule has 16 heavy (non-hydrogen) atoms. The number of anilines is 1. The van der Waals surface area contributed by atoms with Crippen LogP contribution < -0.4 is 5.32 Å². The van der Waals surface area contributed by atoms with Crippen LogP contribution in [0, 0.1) is 0 Å². The van der Waals surface area contributed by atoms with Gasteiger partial charge in [0.05, 0.1) is 0 Å². The zero-order chi connectivity index (χ0) is 11.5. The second kappa shape index (κ2) is 4.56. The maximum atomic E-state index is 12.1. The lowest BCUT2D eigenvalue weighted by Gasteiger charge is -2.26. The zero-order valence-electron chi connectivity index (χ0n) is 9.81. The number of carbonyl (C=O) groups excluding carboxylic acids is 1. The van der Waals surface area contributed by atoms with Gasteiger partial charge in [-0.15, -0.1) is 0 Å². The molecule has 86 valence electrons. The number of nitrogens with one attached hydrogen (secondary N) is 1. The van der Waals surface area contributed by atoms with E-state index in [0.29, 0.717) is 12.1 Å². The molecule has 0 radical (unpaired) electrons. The standard InChI is InChI=1S/C13H18N2O/c1-10-8-9-11(2)15(10)13(16)14-12-6-4-3-5-7-12/h3-7,10-11H,8-9H2,1-2H3,(H,14,16)/t10-,11?/m0/s1. The number of rotatable bonds is 1. The Morgan fingerprint density at radius 1 is 1.19 bits per heavy atom. The van der Waals surface area contributed by atoms with Crippen molar-refractivity contribution >= 4 is 11.7 Å².